The summed E-state index contributed by atoms with van der Waals surface area (Å²) in [5.41, 5.74) is 31.3. The number of fused-ring (bicyclic) bond motifs is 6. The van der Waals surface area contributed by atoms with Crippen molar-refractivity contribution in [2.24, 2.45) is 0 Å². The van der Waals surface area contributed by atoms with Gasteiger partial charge >= 0.3 is 0 Å². The van der Waals surface area contributed by atoms with Crippen molar-refractivity contribution in [1.29, 1.82) is 0 Å². The lowest BCUT2D eigenvalue weighted by Crippen LogP contribution is -2.14. The maximum absolute atomic E-state index is 14.3. The lowest BCUT2D eigenvalue weighted by atomic mass is 9.82. The van der Waals surface area contributed by atoms with Crippen LogP contribution in [-0.4, -0.2) is 15.2 Å². The summed E-state index contributed by atoms with van der Waals surface area (Å²) in [6.07, 6.45) is 0. The first kappa shape index (κ1) is 41.0. The normalized spacial score (nSPS) is 11.7. The van der Waals surface area contributed by atoms with Crippen molar-refractivity contribution < 1.29 is 23.7 Å². The molecule has 8 N–H and O–H groups in total. The summed E-state index contributed by atoms with van der Waals surface area (Å²) in [6, 6.07) is 44.6. The van der Waals surface area contributed by atoms with E-state index < -0.39 is 0 Å². The number of Topliss-reactive ketones (excluding diaryl/α,β-unsaturated/α-hetero) is 1. The monoisotopic (exact) mass is 902 g/mol. The van der Waals surface area contributed by atoms with Gasteiger partial charge in [0.15, 0.2) is 5.78 Å². The highest BCUT2D eigenvalue weighted by Gasteiger charge is 2.32. The molecule has 334 valence electrons. The number of imidazole rings is 1. The molecule has 12 aromatic rings. The van der Waals surface area contributed by atoms with Crippen LogP contribution in [0.1, 0.15) is 29.8 Å². The molecule has 0 bridgehead atoms. The first-order valence-electron chi connectivity index (χ1n) is 22.2. The van der Waals surface area contributed by atoms with E-state index in [1.54, 1.807) is 67.6 Å². The quantitative estimate of drug-likeness (QED) is 0.0447. The molecule has 0 amide bonds. The number of ketones is 1. The Morgan fingerprint density at radius 2 is 0.870 bits per heavy atom. The van der Waals surface area contributed by atoms with Gasteiger partial charge in [-0.15, -0.1) is 0 Å². The summed E-state index contributed by atoms with van der Waals surface area (Å²) in [4.78, 5) is 19.5. The Balaban J connectivity index is 1.39. The van der Waals surface area contributed by atoms with E-state index in [0.29, 0.717) is 129 Å². The molecule has 0 fully saturated rings. The number of carbonyl (C=O) groups is 1. The molecule has 12 rings (SSSR count). The van der Waals surface area contributed by atoms with E-state index in [0.717, 1.165) is 32.6 Å². The topological polar surface area (TPSA) is 175 Å². The standard InChI is InChI=1S/C58H42N6O5/c1-29(2)40-25-46(66-36-17-9-32(59)10-18-36)52-55-49(69-39-23-15-35(62)16-24-39)28-43-51-41(30(3)64-45-8-6-5-7-44(45)63-58(43)64)26-47(67-37-19-11-33(60)12-20-37)53(57(51)55)54-48(68-38-21-13-34(61)14-22-38)27-42(31(4)65)50(40)56(52)54/h5-28H,1,3,59-62H2,2,4H3. The van der Waals surface area contributed by atoms with E-state index in [1.165, 1.54) is 0 Å². The molecule has 2 heterocycles. The summed E-state index contributed by atoms with van der Waals surface area (Å²) in [5, 5.41) is 7.77. The van der Waals surface area contributed by atoms with Crippen LogP contribution in [0.15, 0.2) is 152 Å². The van der Waals surface area contributed by atoms with Gasteiger partial charge in [-0.25, -0.2) is 4.98 Å². The summed E-state index contributed by atoms with van der Waals surface area (Å²) in [5.74, 6) is 3.68. The Bertz CT molecular complexity index is 4050. The van der Waals surface area contributed by atoms with Gasteiger partial charge in [-0.3, -0.25) is 9.20 Å². The molecule has 0 atom stereocenters. The van der Waals surface area contributed by atoms with Gasteiger partial charge < -0.3 is 41.9 Å². The average molecular weight is 903 g/mol. The number of aromatic nitrogens is 2. The Morgan fingerprint density at radius 3 is 1.30 bits per heavy atom. The van der Waals surface area contributed by atoms with Crippen LogP contribution in [0.25, 0.3) is 82.7 Å². The maximum Gasteiger partial charge on any atom is 0.160 e. The van der Waals surface area contributed by atoms with Crippen molar-refractivity contribution in [2.45, 2.75) is 13.8 Å². The second-order valence-corrected chi connectivity index (χ2v) is 17.4. The van der Waals surface area contributed by atoms with Crippen molar-refractivity contribution in [1.82, 2.24) is 9.38 Å². The third-order valence-electron chi connectivity index (χ3n) is 12.8. The zero-order valence-corrected chi connectivity index (χ0v) is 37.5. The number of nitrogens with zero attached hydrogens (tertiary/aromatic N) is 2. The largest absolute Gasteiger partial charge is 0.457 e. The Kier molecular flexibility index (Phi) is 9.08. The fourth-order valence-electron chi connectivity index (χ4n) is 9.76. The van der Waals surface area contributed by atoms with E-state index in [2.05, 4.69) is 11.0 Å². The number of nitrogens with two attached hydrogens (primary N) is 4. The highest BCUT2D eigenvalue weighted by molar-refractivity contribution is 6.43. The van der Waals surface area contributed by atoms with Crippen molar-refractivity contribution in [3.8, 4) is 46.0 Å². The van der Waals surface area contributed by atoms with Gasteiger partial charge in [0.25, 0.3) is 0 Å². The molecule has 0 saturated carbocycles. The molecule has 0 aliphatic heterocycles. The minimum atomic E-state index is -0.188. The first-order chi connectivity index (χ1) is 33.4. The van der Waals surface area contributed by atoms with Gasteiger partial charge in [-0.2, -0.15) is 0 Å². The van der Waals surface area contributed by atoms with E-state index in [-0.39, 0.29) is 5.78 Å². The van der Waals surface area contributed by atoms with Crippen molar-refractivity contribution in [3.63, 3.8) is 0 Å². The second kappa shape index (κ2) is 15.3. The first-order valence-corrected chi connectivity index (χ1v) is 22.2. The number of hydrogen-bond donors (Lipinski definition) is 4. The maximum atomic E-state index is 14.3. The van der Waals surface area contributed by atoms with Crippen LogP contribution in [0.3, 0.4) is 0 Å². The summed E-state index contributed by atoms with van der Waals surface area (Å²) >= 11 is 0. The van der Waals surface area contributed by atoms with E-state index >= 15 is 0 Å². The summed E-state index contributed by atoms with van der Waals surface area (Å²) < 4.78 is 30.4. The van der Waals surface area contributed by atoms with Crippen molar-refractivity contribution in [2.75, 3.05) is 22.9 Å². The van der Waals surface area contributed by atoms with Gasteiger partial charge in [-0.05, 0) is 153 Å². The highest BCUT2D eigenvalue weighted by atomic mass is 16.5. The molecular weight excluding hydrogens is 861 g/mol. The van der Waals surface area contributed by atoms with Crippen molar-refractivity contribution in [3.05, 3.63) is 169 Å². The number of ether oxygens (including phenoxy) is 4. The minimum absolute atomic E-state index is 0.188. The molecule has 0 aliphatic rings. The molecule has 10 aromatic carbocycles. The molecule has 0 radical (unpaired) electrons. The average Bonchev–Trinajstić information content (AvgIpc) is 3.74. The minimum Gasteiger partial charge on any atom is -0.457 e. The third-order valence-corrected chi connectivity index (χ3v) is 12.8. The molecular formula is C58H42N6O5. The van der Waals surface area contributed by atoms with Crippen LogP contribution in [0.4, 0.5) is 22.7 Å². The SMILES string of the molecule is C=C(C)c1cc(Oc2ccc(N)cc2)c2c3c(Oc4ccc(N)cc4)cc4c5c(cc(Oc6ccc(N)cc6)c(c6c(Oc7ccc(N)cc7)cc(C(C)=O)c1c62)c35)c(=C)n1c2ccccc2nc41. The molecule has 0 unspecified atom stereocenters. The number of benzene rings is 10. The van der Waals surface area contributed by atoms with Crippen LogP contribution in [0, 0.1) is 0 Å². The lowest BCUT2D eigenvalue weighted by Gasteiger charge is -2.26. The number of hydrogen-bond acceptors (Lipinski definition) is 10. The van der Waals surface area contributed by atoms with Crippen LogP contribution < -0.4 is 47.2 Å². The Hall–Kier alpha value is -9.48. The molecule has 11 nitrogen and oxygen atoms in total. The zero-order valence-electron chi connectivity index (χ0n) is 37.5. The molecule has 0 spiro atoms. The number of anilines is 4. The molecule has 2 aromatic heterocycles. The third kappa shape index (κ3) is 6.51. The number of carbonyl (C=O) groups excluding carboxylic acids is 1. The fourth-order valence-corrected chi connectivity index (χ4v) is 9.76. The van der Waals surface area contributed by atoms with Crippen LogP contribution in [-0.2, 0) is 0 Å². The van der Waals surface area contributed by atoms with E-state index in [4.69, 9.17) is 53.4 Å². The fraction of sp³-hybridized carbons (Fsp3) is 0.0345. The molecule has 11 heteroatoms. The lowest BCUT2D eigenvalue weighted by molar-refractivity contribution is 0.101. The number of pyridine rings is 1. The molecule has 0 aliphatic carbocycles. The van der Waals surface area contributed by atoms with Gasteiger partial charge in [0.1, 0.15) is 51.6 Å². The van der Waals surface area contributed by atoms with Gasteiger partial charge in [0, 0.05) is 87.5 Å². The zero-order chi connectivity index (χ0) is 47.4. The Labute approximate surface area is 394 Å². The summed E-state index contributed by atoms with van der Waals surface area (Å²) in [7, 11) is 0. The smallest absolute Gasteiger partial charge is 0.160 e. The van der Waals surface area contributed by atoms with Gasteiger partial charge in [0.05, 0.1) is 11.0 Å². The molecule has 69 heavy (non-hydrogen) atoms. The van der Waals surface area contributed by atoms with Crippen LogP contribution in [0.5, 0.6) is 46.0 Å². The van der Waals surface area contributed by atoms with Crippen LogP contribution in [0.2, 0.25) is 0 Å². The highest BCUT2D eigenvalue weighted by Crippen LogP contribution is 2.57. The summed E-state index contributed by atoms with van der Waals surface area (Å²) in [6.45, 7) is 12.7. The predicted molar refractivity (Wildman–Crippen MR) is 281 cm³/mol. The van der Waals surface area contributed by atoms with Crippen LogP contribution >= 0.6 is 0 Å². The number of allylic oxidation sites excluding steroid dienone is 1. The van der Waals surface area contributed by atoms with Gasteiger partial charge in [0.2, 0.25) is 0 Å². The molecule has 0 saturated heterocycles. The Morgan fingerprint density at radius 1 is 0.478 bits per heavy atom. The predicted octanol–water partition coefficient (Wildman–Crippen LogP) is 13.6. The second-order valence-electron chi connectivity index (χ2n) is 17.4. The van der Waals surface area contributed by atoms with E-state index in [9.17, 15) is 4.79 Å². The number of para-hydroxylation sites is 2. The number of nitrogen functional groups attached to an aromatic ring is 4. The van der Waals surface area contributed by atoms with E-state index in [1.807, 2.05) is 91.9 Å². The van der Waals surface area contributed by atoms with Gasteiger partial charge in [-0.1, -0.05) is 30.9 Å². The number of rotatable bonds is 10. The van der Waals surface area contributed by atoms with Crippen molar-refractivity contribution >= 4 is 111 Å².